The molecule has 1 fully saturated rings. The Morgan fingerprint density at radius 3 is 1.76 bits per heavy atom. The molecular weight excluding hydrogens is 418 g/mol. The normalized spacial score (nSPS) is 18.5. The van der Waals surface area contributed by atoms with E-state index in [9.17, 15) is 16.8 Å². The highest BCUT2D eigenvalue weighted by Crippen LogP contribution is 2.33. The zero-order chi connectivity index (χ0) is 20.6. The quantitative estimate of drug-likeness (QED) is 0.698. The van der Waals surface area contributed by atoms with Gasteiger partial charge >= 0.3 is 0 Å². The van der Waals surface area contributed by atoms with Crippen molar-refractivity contribution >= 4 is 25.7 Å². The number of nitrogen functional groups attached to an aromatic ring is 1. The van der Waals surface area contributed by atoms with Crippen molar-refractivity contribution < 1.29 is 26.3 Å². The lowest BCUT2D eigenvalue weighted by Gasteiger charge is -2.33. The van der Waals surface area contributed by atoms with Crippen LogP contribution >= 0.6 is 0 Å². The van der Waals surface area contributed by atoms with Crippen LogP contribution in [0.15, 0.2) is 52.3 Å². The highest BCUT2D eigenvalue weighted by Gasteiger charge is 2.34. The number of hydrogen-bond acceptors (Lipinski definition) is 7. The maximum absolute atomic E-state index is 13.0. The SMILES string of the molecule is Nc1ccc(S(=O)(=O)N2CCN(S(=O)(=O)c3ccc4c(c3)OCCO4)CC2)cc1. The van der Waals surface area contributed by atoms with Crippen LogP contribution in [0.2, 0.25) is 0 Å². The number of fused-ring (bicyclic) bond motifs is 1. The van der Waals surface area contributed by atoms with Gasteiger partial charge in [0.05, 0.1) is 9.79 Å². The highest BCUT2D eigenvalue weighted by atomic mass is 32.2. The molecule has 2 N–H and O–H groups in total. The number of ether oxygens (including phenoxy) is 2. The second kappa shape index (κ2) is 7.48. The van der Waals surface area contributed by atoms with Crippen molar-refractivity contribution in [2.24, 2.45) is 0 Å². The predicted molar refractivity (Wildman–Crippen MR) is 106 cm³/mol. The van der Waals surface area contributed by atoms with E-state index in [0.717, 1.165) is 0 Å². The molecule has 2 aromatic carbocycles. The van der Waals surface area contributed by atoms with Gasteiger partial charge in [-0.1, -0.05) is 0 Å². The number of benzene rings is 2. The number of rotatable bonds is 4. The lowest BCUT2D eigenvalue weighted by Crippen LogP contribution is -2.50. The van der Waals surface area contributed by atoms with E-state index in [1.807, 2.05) is 0 Å². The fourth-order valence-corrected chi connectivity index (χ4v) is 6.13. The molecule has 4 rings (SSSR count). The summed E-state index contributed by atoms with van der Waals surface area (Å²) in [5.74, 6) is 0.900. The first-order chi connectivity index (χ1) is 13.8. The summed E-state index contributed by atoms with van der Waals surface area (Å²) < 4.78 is 65.0. The minimum atomic E-state index is -3.77. The molecule has 156 valence electrons. The van der Waals surface area contributed by atoms with Crippen molar-refractivity contribution in [2.75, 3.05) is 45.1 Å². The lowest BCUT2D eigenvalue weighted by atomic mass is 10.3. The van der Waals surface area contributed by atoms with Crippen LogP contribution in [0.3, 0.4) is 0 Å². The van der Waals surface area contributed by atoms with E-state index in [4.69, 9.17) is 15.2 Å². The Morgan fingerprint density at radius 2 is 1.17 bits per heavy atom. The molecule has 0 radical (unpaired) electrons. The topological polar surface area (TPSA) is 119 Å². The Hall–Kier alpha value is -2.34. The van der Waals surface area contributed by atoms with E-state index in [1.165, 1.54) is 45.0 Å². The summed E-state index contributed by atoms with van der Waals surface area (Å²) >= 11 is 0. The van der Waals surface area contributed by atoms with Crippen LogP contribution in [-0.2, 0) is 20.0 Å². The van der Waals surface area contributed by atoms with Crippen LogP contribution < -0.4 is 15.2 Å². The van der Waals surface area contributed by atoms with Gasteiger partial charge in [0.15, 0.2) is 11.5 Å². The molecule has 0 aliphatic carbocycles. The summed E-state index contributed by atoms with van der Waals surface area (Å²) in [6, 6.07) is 10.4. The molecule has 0 aromatic heterocycles. The van der Waals surface area contributed by atoms with Crippen LogP contribution in [0.5, 0.6) is 11.5 Å². The number of piperazine rings is 1. The van der Waals surface area contributed by atoms with E-state index < -0.39 is 20.0 Å². The first-order valence-corrected chi connectivity index (χ1v) is 11.9. The van der Waals surface area contributed by atoms with Crippen molar-refractivity contribution in [1.29, 1.82) is 0 Å². The van der Waals surface area contributed by atoms with Crippen LogP contribution in [0.25, 0.3) is 0 Å². The second-order valence-corrected chi connectivity index (χ2v) is 10.6. The van der Waals surface area contributed by atoms with Gasteiger partial charge in [-0.25, -0.2) is 16.8 Å². The monoisotopic (exact) mass is 439 g/mol. The van der Waals surface area contributed by atoms with E-state index in [0.29, 0.717) is 30.4 Å². The Balaban J connectivity index is 1.49. The van der Waals surface area contributed by atoms with Gasteiger partial charge in [-0.3, -0.25) is 0 Å². The predicted octanol–water partition coefficient (Wildman–Crippen LogP) is 0.735. The average Bonchev–Trinajstić information content (AvgIpc) is 2.74. The molecule has 0 amide bonds. The molecule has 0 saturated carbocycles. The molecule has 0 bridgehead atoms. The smallest absolute Gasteiger partial charge is 0.243 e. The maximum Gasteiger partial charge on any atom is 0.243 e. The molecule has 1 saturated heterocycles. The van der Waals surface area contributed by atoms with Crippen LogP contribution in [0.1, 0.15) is 0 Å². The number of nitrogens with zero attached hydrogens (tertiary/aromatic N) is 2. The zero-order valence-corrected chi connectivity index (χ0v) is 17.2. The molecule has 0 spiro atoms. The summed E-state index contributed by atoms with van der Waals surface area (Å²) in [5, 5.41) is 0. The van der Waals surface area contributed by atoms with Crippen molar-refractivity contribution in [3.05, 3.63) is 42.5 Å². The summed E-state index contributed by atoms with van der Waals surface area (Å²) in [6.07, 6.45) is 0. The fraction of sp³-hybridized carbons (Fsp3) is 0.333. The minimum Gasteiger partial charge on any atom is -0.486 e. The molecule has 2 heterocycles. The van der Waals surface area contributed by atoms with Crippen LogP contribution in [-0.4, -0.2) is 64.8 Å². The van der Waals surface area contributed by atoms with Gasteiger partial charge in [-0.2, -0.15) is 8.61 Å². The third-order valence-corrected chi connectivity index (χ3v) is 8.67. The Morgan fingerprint density at radius 1 is 0.690 bits per heavy atom. The molecule has 0 unspecified atom stereocenters. The Bertz CT molecular complexity index is 1110. The minimum absolute atomic E-state index is 0.0605. The maximum atomic E-state index is 13.0. The molecule has 2 aliphatic rings. The summed E-state index contributed by atoms with van der Waals surface area (Å²) in [7, 11) is -7.48. The molecule has 0 atom stereocenters. The number of anilines is 1. The van der Waals surface area contributed by atoms with Crippen molar-refractivity contribution in [1.82, 2.24) is 8.61 Å². The average molecular weight is 440 g/mol. The zero-order valence-electron chi connectivity index (χ0n) is 15.5. The largest absolute Gasteiger partial charge is 0.486 e. The molecule has 2 aromatic rings. The van der Waals surface area contributed by atoms with Crippen molar-refractivity contribution in [3.63, 3.8) is 0 Å². The van der Waals surface area contributed by atoms with Crippen LogP contribution in [0.4, 0.5) is 5.69 Å². The van der Waals surface area contributed by atoms with Crippen molar-refractivity contribution in [2.45, 2.75) is 9.79 Å². The third kappa shape index (κ3) is 3.78. The first kappa shape index (κ1) is 20.0. The second-order valence-electron chi connectivity index (χ2n) is 6.68. The standard InChI is InChI=1S/C18H21N3O6S2/c19-14-1-3-15(4-2-14)28(22,23)20-7-9-21(10-8-20)29(24,25)16-5-6-17-18(13-16)27-12-11-26-17/h1-6,13H,7-12,19H2. The molecular formula is C18H21N3O6S2. The van der Waals surface area contributed by atoms with E-state index in [-0.39, 0.29) is 36.0 Å². The van der Waals surface area contributed by atoms with Crippen LogP contribution in [0, 0.1) is 0 Å². The van der Waals surface area contributed by atoms with E-state index in [2.05, 4.69) is 0 Å². The van der Waals surface area contributed by atoms with E-state index in [1.54, 1.807) is 6.07 Å². The summed E-state index contributed by atoms with van der Waals surface area (Å²) in [4.78, 5) is 0.228. The molecule has 2 aliphatic heterocycles. The van der Waals surface area contributed by atoms with Gasteiger partial charge in [-0.15, -0.1) is 0 Å². The van der Waals surface area contributed by atoms with Gasteiger partial charge in [0.25, 0.3) is 0 Å². The molecule has 9 nitrogen and oxygen atoms in total. The van der Waals surface area contributed by atoms with Gasteiger partial charge in [-0.05, 0) is 36.4 Å². The first-order valence-electron chi connectivity index (χ1n) is 9.04. The van der Waals surface area contributed by atoms with Crippen molar-refractivity contribution in [3.8, 4) is 11.5 Å². The van der Waals surface area contributed by atoms with Gasteiger partial charge in [0.1, 0.15) is 13.2 Å². The molecule has 11 heteroatoms. The van der Waals surface area contributed by atoms with E-state index >= 15 is 0 Å². The fourth-order valence-electron chi connectivity index (χ4n) is 3.27. The van der Waals surface area contributed by atoms with Gasteiger partial charge < -0.3 is 15.2 Å². The molecule has 29 heavy (non-hydrogen) atoms. The van der Waals surface area contributed by atoms with Gasteiger partial charge in [0.2, 0.25) is 20.0 Å². The Kier molecular flexibility index (Phi) is 5.15. The number of hydrogen-bond donors (Lipinski definition) is 1. The summed E-state index contributed by atoms with van der Waals surface area (Å²) in [6.45, 7) is 1.03. The number of sulfonamides is 2. The van der Waals surface area contributed by atoms with Gasteiger partial charge in [0, 0.05) is 37.9 Å². The highest BCUT2D eigenvalue weighted by molar-refractivity contribution is 7.89. The lowest BCUT2D eigenvalue weighted by molar-refractivity contribution is 0.171. The Labute approximate surface area is 169 Å². The third-order valence-electron chi connectivity index (χ3n) is 4.87. The summed E-state index contributed by atoms with van der Waals surface area (Å²) in [5.41, 5.74) is 6.09. The number of nitrogens with two attached hydrogens (primary N) is 1.